The number of nitrogens with one attached hydrogen (secondary N) is 2. The van der Waals surface area contributed by atoms with Gasteiger partial charge in [0.2, 0.25) is 11.8 Å². The summed E-state index contributed by atoms with van der Waals surface area (Å²) in [6.45, 7) is 2.40. The second-order valence-electron chi connectivity index (χ2n) is 9.38. The van der Waals surface area contributed by atoms with Gasteiger partial charge < -0.3 is 15.5 Å². The predicted molar refractivity (Wildman–Crippen MR) is 149 cm³/mol. The number of nitrogens with zero attached hydrogens (tertiary/aromatic N) is 3. The molecule has 0 saturated carbocycles. The summed E-state index contributed by atoms with van der Waals surface area (Å²) in [4.78, 5) is 25.8. The highest BCUT2D eigenvalue weighted by atomic mass is 16.2. The largest absolute Gasteiger partial charge is 0.359 e. The van der Waals surface area contributed by atoms with Crippen LogP contribution in [0, 0.1) is 6.92 Å². The average molecular weight is 496 g/mol. The van der Waals surface area contributed by atoms with Crippen molar-refractivity contribution in [1.82, 2.24) is 20.0 Å². The first kappa shape index (κ1) is 25.9. The lowest BCUT2D eigenvalue weighted by Gasteiger charge is -2.12. The van der Waals surface area contributed by atoms with Gasteiger partial charge >= 0.3 is 0 Å². The van der Waals surface area contributed by atoms with Gasteiger partial charge in [-0.1, -0.05) is 54.1 Å². The summed E-state index contributed by atoms with van der Waals surface area (Å²) in [5.41, 5.74) is 7.95. The third-order valence-corrected chi connectivity index (χ3v) is 6.07. The van der Waals surface area contributed by atoms with Crippen molar-refractivity contribution in [2.75, 3.05) is 33.0 Å². The molecule has 3 aromatic carbocycles. The molecule has 7 nitrogen and oxygen atoms in total. The van der Waals surface area contributed by atoms with Crippen LogP contribution in [0.15, 0.2) is 78.9 Å². The second-order valence-corrected chi connectivity index (χ2v) is 9.38. The van der Waals surface area contributed by atoms with Crippen molar-refractivity contribution in [3.63, 3.8) is 0 Å². The van der Waals surface area contributed by atoms with Crippen LogP contribution in [0.5, 0.6) is 0 Å². The topological polar surface area (TPSA) is 79.3 Å². The molecule has 0 aliphatic heterocycles. The average Bonchev–Trinajstić information content (AvgIpc) is 3.32. The first-order chi connectivity index (χ1) is 17.8. The molecule has 1 aromatic heterocycles. The molecule has 190 valence electrons. The Morgan fingerprint density at radius 2 is 1.43 bits per heavy atom. The Hall–Kier alpha value is -4.23. The van der Waals surface area contributed by atoms with Crippen LogP contribution < -0.4 is 10.6 Å². The first-order valence-corrected chi connectivity index (χ1v) is 12.3. The summed E-state index contributed by atoms with van der Waals surface area (Å²) in [6.07, 6.45) is 0.913. The summed E-state index contributed by atoms with van der Waals surface area (Å²) in [5, 5.41) is 10.4. The number of amides is 2. The monoisotopic (exact) mass is 495 g/mol. The van der Waals surface area contributed by atoms with Crippen molar-refractivity contribution < 1.29 is 9.59 Å². The Morgan fingerprint density at radius 1 is 0.838 bits per heavy atom. The van der Waals surface area contributed by atoms with Gasteiger partial charge in [0.15, 0.2) is 0 Å². The number of aryl methyl sites for hydroxylation is 2. The van der Waals surface area contributed by atoms with E-state index in [1.807, 2.05) is 54.0 Å². The quantitative estimate of drug-likeness (QED) is 0.353. The molecule has 0 spiro atoms. The lowest BCUT2D eigenvalue weighted by Crippen LogP contribution is -2.27. The van der Waals surface area contributed by atoms with Crippen LogP contribution in [0.2, 0.25) is 0 Å². The van der Waals surface area contributed by atoms with E-state index in [2.05, 4.69) is 66.1 Å². The molecule has 2 amide bonds. The van der Waals surface area contributed by atoms with Crippen LogP contribution in [-0.4, -0.2) is 54.2 Å². The van der Waals surface area contributed by atoms with Gasteiger partial charge in [0.25, 0.3) is 0 Å². The van der Waals surface area contributed by atoms with E-state index in [0.717, 1.165) is 33.9 Å². The second kappa shape index (κ2) is 11.7. The number of carbonyl (C=O) groups excluding carboxylic acids is 2. The molecule has 0 aliphatic rings. The summed E-state index contributed by atoms with van der Waals surface area (Å²) >= 11 is 0. The molecular formula is C30H33N5O2. The van der Waals surface area contributed by atoms with Gasteiger partial charge in [0.1, 0.15) is 0 Å². The fourth-order valence-electron chi connectivity index (χ4n) is 4.07. The standard InChI is InChI=1S/C30H33N5O2/c1-21-5-7-22(8-6-21)23-9-11-24(12-10-23)28-19-26(15-18-29(36)31-2)33-35(28)27-16-13-25(14-17-27)32-30(37)20-34(3)4/h5-14,16-17,19H,15,18,20H2,1-4H3,(H,31,36)(H,32,37). The van der Waals surface area contributed by atoms with Gasteiger partial charge in [-0.05, 0) is 62.5 Å². The number of hydrogen-bond acceptors (Lipinski definition) is 4. The Balaban J connectivity index is 1.63. The van der Waals surface area contributed by atoms with Gasteiger partial charge in [0, 0.05) is 31.1 Å². The molecule has 4 aromatic rings. The molecule has 2 N–H and O–H groups in total. The van der Waals surface area contributed by atoms with Gasteiger partial charge in [-0.2, -0.15) is 5.10 Å². The normalized spacial score (nSPS) is 10.9. The summed E-state index contributed by atoms with van der Waals surface area (Å²) in [6, 6.07) is 26.6. The van der Waals surface area contributed by atoms with Crippen LogP contribution >= 0.6 is 0 Å². The number of aromatic nitrogens is 2. The molecule has 4 rings (SSSR count). The molecule has 0 atom stereocenters. The van der Waals surface area contributed by atoms with E-state index < -0.39 is 0 Å². The van der Waals surface area contributed by atoms with Crippen molar-refractivity contribution in [2.24, 2.45) is 0 Å². The van der Waals surface area contributed by atoms with E-state index in [-0.39, 0.29) is 11.8 Å². The molecule has 0 bridgehead atoms. The van der Waals surface area contributed by atoms with E-state index >= 15 is 0 Å². The van der Waals surface area contributed by atoms with Gasteiger partial charge in [-0.3, -0.25) is 9.59 Å². The maximum atomic E-state index is 12.1. The van der Waals surface area contributed by atoms with Gasteiger partial charge in [-0.15, -0.1) is 0 Å². The van der Waals surface area contributed by atoms with E-state index in [9.17, 15) is 9.59 Å². The Kier molecular flexibility index (Phi) is 8.15. The maximum Gasteiger partial charge on any atom is 0.238 e. The number of anilines is 1. The van der Waals surface area contributed by atoms with Crippen molar-refractivity contribution >= 4 is 17.5 Å². The maximum absolute atomic E-state index is 12.1. The Bertz CT molecular complexity index is 1350. The number of hydrogen-bond donors (Lipinski definition) is 2. The van der Waals surface area contributed by atoms with Crippen LogP contribution in [0.3, 0.4) is 0 Å². The van der Waals surface area contributed by atoms with E-state index in [0.29, 0.717) is 19.4 Å². The zero-order chi connectivity index (χ0) is 26.4. The third-order valence-electron chi connectivity index (χ3n) is 6.07. The highest BCUT2D eigenvalue weighted by Gasteiger charge is 2.14. The lowest BCUT2D eigenvalue weighted by atomic mass is 10.0. The fourth-order valence-corrected chi connectivity index (χ4v) is 4.07. The first-order valence-electron chi connectivity index (χ1n) is 12.3. The van der Waals surface area contributed by atoms with E-state index in [1.165, 1.54) is 11.1 Å². The summed E-state index contributed by atoms with van der Waals surface area (Å²) < 4.78 is 1.89. The molecular weight excluding hydrogens is 462 g/mol. The van der Waals surface area contributed by atoms with Crippen LogP contribution in [0.25, 0.3) is 28.1 Å². The zero-order valence-electron chi connectivity index (χ0n) is 21.8. The molecule has 0 unspecified atom stereocenters. The lowest BCUT2D eigenvalue weighted by molar-refractivity contribution is -0.120. The SMILES string of the molecule is CNC(=O)CCc1cc(-c2ccc(-c3ccc(C)cc3)cc2)n(-c2ccc(NC(=O)CN(C)C)cc2)n1. The van der Waals surface area contributed by atoms with Gasteiger partial charge in [-0.25, -0.2) is 4.68 Å². The fraction of sp³-hybridized carbons (Fsp3) is 0.233. The molecule has 0 aliphatic carbocycles. The molecule has 0 fully saturated rings. The zero-order valence-corrected chi connectivity index (χ0v) is 21.8. The number of likely N-dealkylation sites (N-methyl/N-ethyl adjacent to an activating group) is 1. The van der Waals surface area contributed by atoms with E-state index in [4.69, 9.17) is 5.10 Å². The third kappa shape index (κ3) is 6.71. The number of carbonyl (C=O) groups is 2. The van der Waals surface area contributed by atoms with Crippen molar-refractivity contribution in [2.45, 2.75) is 19.8 Å². The highest BCUT2D eigenvalue weighted by Crippen LogP contribution is 2.28. The van der Waals surface area contributed by atoms with Crippen LogP contribution in [-0.2, 0) is 16.0 Å². The van der Waals surface area contributed by atoms with Crippen molar-refractivity contribution in [1.29, 1.82) is 0 Å². The smallest absolute Gasteiger partial charge is 0.238 e. The minimum Gasteiger partial charge on any atom is -0.359 e. The number of rotatable bonds is 9. The predicted octanol–water partition coefficient (Wildman–Crippen LogP) is 4.69. The molecule has 7 heteroatoms. The number of benzene rings is 3. The van der Waals surface area contributed by atoms with E-state index in [1.54, 1.807) is 7.05 Å². The Morgan fingerprint density at radius 3 is 2.03 bits per heavy atom. The summed E-state index contributed by atoms with van der Waals surface area (Å²) in [7, 11) is 5.36. The van der Waals surface area contributed by atoms with Crippen LogP contribution in [0.1, 0.15) is 17.7 Å². The van der Waals surface area contributed by atoms with Gasteiger partial charge in [0.05, 0.1) is 23.6 Å². The molecule has 0 saturated heterocycles. The summed E-state index contributed by atoms with van der Waals surface area (Å²) in [5.74, 6) is -0.0842. The molecule has 1 heterocycles. The minimum absolute atomic E-state index is 0.0173. The minimum atomic E-state index is -0.0670. The van der Waals surface area contributed by atoms with Crippen LogP contribution in [0.4, 0.5) is 5.69 Å². The molecule has 37 heavy (non-hydrogen) atoms. The van der Waals surface area contributed by atoms with Crippen molar-refractivity contribution in [3.8, 4) is 28.1 Å². The van der Waals surface area contributed by atoms with Crippen molar-refractivity contribution in [3.05, 3.63) is 90.1 Å². The Labute approximate surface area is 218 Å². The molecule has 0 radical (unpaired) electrons. The highest BCUT2D eigenvalue weighted by molar-refractivity contribution is 5.92.